The standard InChI is InChI=1S/C19H28O11/c1-8(2)14(25-9(3)20)15-16(26-10(4)21)17(27-11(5)22)18(28-12(6)23)19(30-15)29-13(7)24/h8,14-19H,1-7H3/t14?,15-,16-,17+,18+,19+/m1/s1. The fourth-order valence-corrected chi connectivity index (χ4v) is 3.10. The maximum absolute atomic E-state index is 11.8. The third-order valence-electron chi connectivity index (χ3n) is 4.00. The second kappa shape index (κ2) is 10.9. The van der Waals surface area contributed by atoms with Crippen LogP contribution in [0.5, 0.6) is 0 Å². The van der Waals surface area contributed by atoms with E-state index in [0.29, 0.717) is 0 Å². The van der Waals surface area contributed by atoms with E-state index in [1.54, 1.807) is 13.8 Å². The van der Waals surface area contributed by atoms with Crippen LogP contribution in [-0.4, -0.2) is 66.7 Å². The number of carbonyl (C=O) groups excluding carboxylic acids is 5. The van der Waals surface area contributed by atoms with Gasteiger partial charge in [0.2, 0.25) is 12.4 Å². The van der Waals surface area contributed by atoms with Crippen molar-refractivity contribution in [3.8, 4) is 0 Å². The Hall–Kier alpha value is -2.69. The van der Waals surface area contributed by atoms with Crippen LogP contribution in [0.25, 0.3) is 0 Å². The number of carbonyl (C=O) groups is 5. The average molecular weight is 432 g/mol. The topological polar surface area (TPSA) is 141 Å². The minimum absolute atomic E-state index is 0.335. The molecule has 1 heterocycles. The third kappa shape index (κ3) is 7.29. The van der Waals surface area contributed by atoms with Crippen LogP contribution in [0.15, 0.2) is 0 Å². The summed E-state index contributed by atoms with van der Waals surface area (Å²) in [5, 5.41) is 0. The average Bonchev–Trinajstić information content (AvgIpc) is 2.55. The van der Waals surface area contributed by atoms with Crippen molar-refractivity contribution in [2.45, 2.75) is 85.3 Å². The molecule has 0 aromatic carbocycles. The first-order valence-corrected chi connectivity index (χ1v) is 9.35. The molecule has 1 rings (SSSR count). The molecule has 1 unspecified atom stereocenters. The summed E-state index contributed by atoms with van der Waals surface area (Å²) in [5.74, 6) is -4.03. The quantitative estimate of drug-likeness (QED) is 0.414. The molecular formula is C19H28O11. The van der Waals surface area contributed by atoms with Crippen molar-refractivity contribution < 1.29 is 52.4 Å². The number of esters is 5. The summed E-state index contributed by atoms with van der Waals surface area (Å²) in [6, 6.07) is 0. The van der Waals surface area contributed by atoms with E-state index in [1.807, 2.05) is 0 Å². The van der Waals surface area contributed by atoms with Gasteiger partial charge < -0.3 is 28.4 Å². The molecule has 1 aliphatic heterocycles. The maximum Gasteiger partial charge on any atom is 0.305 e. The summed E-state index contributed by atoms with van der Waals surface area (Å²) in [5.41, 5.74) is 0. The van der Waals surface area contributed by atoms with Crippen LogP contribution in [0.3, 0.4) is 0 Å². The van der Waals surface area contributed by atoms with Gasteiger partial charge in [0, 0.05) is 34.6 Å². The first kappa shape index (κ1) is 25.3. The van der Waals surface area contributed by atoms with Gasteiger partial charge in [0.05, 0.1) is 0 Å². The molecule has 0 radical (unpaired) electrons. The molecule has 0 aromatic rings. The van der Waals surface area contributed by atoms with Gasteiger partial charge >= 0.3 is 29.8 Å². The lowest BCUT2D eigenvalue weighted by molar-refractivity contribution is -0.310. The van der Waals surface area contributed by atoms with E-state index in [9.17, 15) is 24.0 Å². The highest BCUT2D eigenvalue weighted by Gasteiger charge is 2.56. The summed E-state index contributed by atoms with van der Waals surface area (Å²) in [6.07, 6.45) is -7.82. The molecule has 0 amide bonds. The van der Waals surface area contributed by atoms with Crippen molar-refractivity contribution in [1.82, 2.24) is 0 Å². The summed E-state index contributed by atoms with van der Waals surface area (Å²) in [6.45, 7) is 9.06. The molecule has 1 fully saturated rings. The second-order valence-corrected chi connectivity index (χ2v) is 7.12. The van der Waals surface area contributed by atoms with Gasteiger partial charge in [-0.1, -0.05) is 13.8 Å². The number of rotatable bonds is 7. The smallest absolute Gasteiger partial charge is 0.305 e. The Balaban J connectivity index is 3.53. The monoisotopic (exact) mass is 432 g/mol. The molecule has 1 saturated heterocycles. The van der Waals surface area contributed by atoms with E-state index in [-0.39, 0.29) is 5.92 Å². The molecule has 11 heteroatoms. The van der Waals surface area contributed by atoms with E-state index in [2.05, 4.69) is 0 Å². The Morgan fingerprint density at radius 3 is 1.47 bits per heavy atom. The highest BCUT2D eigenvalue weighted by atomic mass is 16.7. The molecule has 1 aliphatic rings. The lowest BCUT2D eigenvalue weighted by Gasteiger charge is -2.46. The number of ether oxygens (including phenoxy) is 6. The highest BCUT2D eigenvalue weighted by Crippen LogP contribution is 2.33. The predicted octanol–water partition coefficient (Wildman–Crippen LogP) is 0.657. The largest absolute Gasteiger partial charge is 0.459 e. The lowest BCUT2D eigenvalue weighted by Crippen LogP contribution is -2.65. The van der Waals surface area contributed by atoms with E-state index < -0.39 is 66.7 Å². The van der Waals surface area contributed by atoms with Crippen molar-refractivity contribution in [2.24, 2.45) is 5.92 Å². The lowest BCUT2D eigenvalue weighted by atomic mass is 9.89. The van der Waals surface area contributed by atoms with Gasteiger partial charge in [-0.15, -0.1) is 0 Å². The molecular weight excluding hydrogens is 404 g/mol. The molecule has 0 bridgehead atoms. The van der Waals surface area contributed by atoms with E-state index >= 15 is 0 Å². The zero-order valence-electron chi connectivity index (χ0n) is 18.0. The van der Waals surface area contributed by atoms with Gasteiger partial charge in [0.25, 0.3) is 0 Å². The van der Waals surface area contributed by atoms with Gasteiger partial charge in [-0.3, -0.25) is 24.0 Å². The second-order valence-electron chi connectivity index (χ2n) is 7.12. The fraction of sp³-hybridized carbons (Fsp3) is 0.737. The first-order chi connectivity index (χ1) is 13.8. The van der Waals surface area contributed by atoms with E-state index in [0.717, 1.165) is 27.7 Å². The minimum Gasteiger partial charge on any atom is -0.459 e. The van der Waals surface area contributed by atoms with E-state index in [1.165, 1.54) is 6.92 Å². The summed E-state index contributed by atoms with van der Waals surface area (Å²) >= 11 is 0. The van der Waals surface area contributed by atoms with Crippen molar-refractivity contribution in [1.29, 1.82) is 0 Å². The highest BCUT2D eigenvalue weighted by molar-refractivity contribution is 5.69. The van der Waals surface area contributed by atoms with Gasteiger partial charge in [0.15, 0.2) is 12.2 Å². The van der Waals surface area contributed by atoms with Crippen molar-refractivity contribution in [2.75, 3.05) is 0 Å². The van der Waals surface area contributed by atoms with Crippen LogP contribution in [0, 0.1) is 5.92 Å². The molecule has 170 valence electrons. The summed E-state index contributed by atoms with van der Waals surface area (Å²) in [7, 11) is 0. The fourth-order valence-electron chi connectivity index (χ4n) is 3.10. The van der Waals surface area contributed by atoms with Crippen LogP contribution in [-0.2, 0) is 52.4 Å². The zero-order chi connectivity index (χ0) is 23.2. The van der Waals surface area contributed by atoms with Gasteiger partial charge in [-0.25, -0.2) is 0 Å². The Morgan fingerprint density at radius 1 is 0.633 bits per heavy atom. The molecule has 0 aliphatic carbocycles. The van der Waals surface area contributed by atoms with Crippen LogP contribution in [0.4, 0.5) is 0 Å². The van der Waals surface area contributed by atoms with Crippen molar-refractivity contribution >= 4 is 29.8 Å². The Morgan fingerprint density at radius 2 is 1.07 bits per heavy atom. The molecule has 0 aromatic heterocycles. The Kier molecular flexibility index (Phi) is 9.22. The number of hydrogen-bond acceptors (Lipinski definition) is 11. The van der Waals surface area contributed by atoms with Gasteiger partial charge in [-0.2, -0.15) is 0 Å². The zero-order valence-corrected chi connectivity index (χ0v) is 18.0. The number of hydrogen-bond donors (Lipinski definition) is 0. The van der Waals surface area contributed by atoms with Crippen LogP contribution in [0.2, 0.25) is 0 Å². The predicted molar refractivity (Wildman–Crippen MR) is 97.5 cm³/mol. The van der Waals surface area contributed by atoms with Crippen LogP contribution in [0.1, 0.15) is 48.5 Å². The van der Waals surface area contributed by atoms with Crippen LogP contribution < -0.4 is 0 Å². The molecule has 6 atom stereocenters. The van der Waals surface area contributed by atoms with E-state index in [4.69, 9.17) is 28.4 Å². The molecule has 0 saturated carbocycles. The minimum atomic E-state index is -1.51. The molecule has 30 heavy (non-hydrogen) atoms. The maximum atomic E-state index is 11.8. The van der Waals surface area contributed by atoms with Crippen molar-refractivity contribution in [3.05, 3.63) is 0 Å². The first-order valence-electron chi connectivity index (χ1n) is 9.35. The van der Waals surface area contributed by atoms with Crippen LogP contribution >= 0.6 is 0 Å². The molecule has 0 N–H and O–H groups in total. The Labute approximate surface area is 174 Å². The summed E-state index contributed by atoms with van der Waals surface area (Å²) in [4.78, 5) is 58.4. The Bertz CT molecular complexity index is 671. The van der Waals surface area contributed by atoms with Gasteiger partial charge in [0.1, 0.15) is 12.2 Å². The third-order valence-corrected chi connectivity index (χ3v) is 4.00. The molecule has 11 nitrogen and oxygen atoms in total. The van der Waals surface area contributed by atoms with Crippen molar-refractivity contribution in [3.63, 3.8) is 0 Å². The normalized spacial score (nSPS) is 26.9. The molecule has 0 spiro atoms. The van der Waals surface area contributed by atoms with Gasteiger partial charge in [-0.05, 0) is 5.92 Å². The summed E-state index contributed by atoms with van der Waals surface area (Å²) < 4.78 is 32.1. The SMILES string of the molecule is CC(=O)OC(C(C)C)[C@H]1O[C@H](OC(C)=O)[C@@H](OC(C)=O)[C@@H](OC(C)=O)[C@@H]1OC(C)=O.